The minimum Gasteiger partial charge on any atom is -0.346 e. The molecule has 3 rings (SSSR count). The molecule has 2 heterocycles. The number of aromatic amines is 1. The van der Waals surface area contributed by atoms with Gasteiger partial charge >= 0.3 is 0 Å². The molecule has 6 nitrogen and oxygen atoms in total. The van der Waals surface area contributed by atoms with Crippen molar-refractivity contribution < 1.29 is 10.0 Å². The van der Waals surface area contributed by atoms with Crippen molar-refractivity contribution in [2.75, 3.05) is 5.48 Å². The number of nitrogens with one attached hydrogen (secondary N) is 2. The summed E-state index contributed by atoms with van der Waals surface area (Å²) in [6, 6.07) is 6.30. The summed E-state index contributed by atoms with van der Waals surface area (Å²) < 4.78 is 0. The van der Waals surface area contributed by atoms with E-state index in [1.54, 1.807) is 18.3 Å². The first-order chi connectivity index (χ1) is 9.70. The lowest BCUT2D eigenvalue weighted by atomic mass is 10.0. The smallest absolute Gasteiger partial charge is 0.214 e. The first-order valence-corrected chi connectivity index (χ1v) is 6.11. The molecule has 0 saturated carbocycles. The number of H-pyrrole nitrogens is 1. The summed E-state index contributed by atoms with van der Waals surface area (Å²) >= 11 is 5.83. The number of rotatable bonds is 3. The van der Waals surface area contributed by atoms with Crippen LogP contribution in [0.1, 0.15) is 16.1 Å². The van der Waals surface area contributed by atoms with Crippen LogP contribution < -0.4 is 5.48 Å². The van der Waals surface area contributed by atoms with Gasteiger partial charge in [0.2, 0.25) is 5.78 Å². The maximum Gasteiger partial charge on any atom is 0.214 e. The van der Waals surface area contributed by atoms with Crippen LogP contribution in [-0.4, -0.2) is 25.9 Å². The Balaban J connectivity index is 2.15. The van der Waals surface area contributed by atoms with Crippen molar-refractivity contribution in [1.82, 2.24) is 15.0 Å². The van der Waals surface area contributed by atoms with E-state index in [1.807, 2.05) is 5.48 Å². The predicted octanol–water partition coefficient (Wildman–Crippen LogP) is 2.64. The number of hydrogen-bond donors (Lipinski definition) is 3. The van der Waals surface area contributed by atoms with Gasteiger partial charge in [0.15, 0.2) is 0 Å². The monoisotopic (exact) mass is 288 g/mol. The molecule has 0 unspecified atom stereocenters. The Morgan fingerprint density at radius 2 is 2.15 bits per heavy atom. The van der Waals surface area contributed by atoms with Gasteiger partial charge in [-0.15, -0.1) is 0 Å². The standard InChI is InChI=1S/C13H9ClN4O2/c14-7-1-2-8(10(5-7)18-20)12(19)11-9-3-4-15-13(9)17-6-16-11/h1-6,18,20H,(H,15,16,17). The van der Waals surface area contributed by atoms with Gasteiger partial charge in [-0.1, -0.05) is 11.6 Å². The van der Waals surface area contributed by atoms with E-state index in [0.717, 1.165) is 0 Å². The zero-order valence-electron chi connectivity index (χ0n) is 10.1. The van der Waals surface area contributed by atoms with E-state index in [0.29, 0.717) is 16.1 Å². The van der Waals surface area contributed by atoms with Crippen molar-refractivity contribution in [3.63, 3.8) is 0 Å². The van der Waals surface area contributed by atoms with Crippen LogP contribution in [0.25, 0.3) is 11.0 Å². The summed E-state index contributed by atoms with van der Waals surface area (Å²) in [6.45, 7) is 0. The first-order valence-electron chi connectivity index (χ1n) is 5.73. The van der Waals surface area contributed by atoms with Gasteiger partial charge in [0.1, 0.15) is 17.7 Å². The van der Waals surface area contributed by atoms with Crippen molar-refractivity contribution in [2.45, 2.75) is 0 Å². The first kappa shape index (κ1) is 12.6. The van der Waals surface area contributed by atoms with Crippen molar-refractivity contribution >= 4 is 34.1 Å². The number of nitrogens with zero attached hydrogens (tertiary/aromatic N) is 2. The number of fused-ring (bicyclic) bond motifs is 1. The molecule has 3 aromatic rings. The van der Waals surface area contributed by atoms with E-state index in [1.165, 1.54) is 18.5 Å². The topological polar surface area (TPSA) is 90.9 Å². The van der Waals surface area contributed by atoms with Crippen LogP contribution in [0.4, 0.5) is 5.69 Å². The maximum absolute atomic E-state index is 12.6. The van der Waals surface area contributed by atoms with Gasteiger partial charge in [0.25, 0.3) is 0 Å². The lowest BCUT2D eigenvalue weighted by molar-refractivity contribution is 0.103. The molecular weight excluding hydrogens is 280 g/mol. The van der Waals surface area contributed by atoms with Crippen molar-refractivity contribution in [1.29, 1.82) is 0 Å². The molecular formula is C13H9ClN4O2. The Morgan fingerprint density at radius 1 is 1.30 bits per heavy atom. The molecule has 0 spiro atoms. The number of anilines is 1. The van der Waals surface area contributed by atoms with Crippen LogP contribution in [0, 0.1) is 0 Å². The van der Waals surface area contributed by atoms with E-state index in [9.17, 15) is 4.79 Å². The number of aromatic nitrogens is 3. The number of benzene rings is 1. The second-order valence-electron chi connectivity index (χ2n) is 4.09. The van der Waals surface area contributed by atoms with Gasteiger partial charge in [0, 0.05) is 22.2 Å². The van der Waals surface area contributed by atoms with Gasteiger partial charge in [0.05, 0.1) is 5.69 Å². The van der Waals surface area contributed by atoms with E-state index in [4.69, 9.17) is 16.8 Å². The predicted molar refractivity (Wildman–Crippen MR) is 74.2 cm³/mol. The highest BCUT2D eigenvalue weighted by atomic mass is 35.5. The van der Waals surface area contributed by atoms with Crippen LogP contribution in [0.3, 0.4) is 0 Å². The summed E-state index contributed by atoms with van der Waals surface area (Å²) in [5.41, 5.74) is 3.31. The molecule has 3 N–H and O–H groups in total. The van der Waals surface area contributed by atoms with E-state index >= 15 is 0 Å². The molecule has 20 heavy (non-hydrogen) atoms. The van der Waals surface area contributed by atoms with Crippen LogP contribution >= 0.6 is 11.6 Å². The third-order valence-electron chi connectivity index (χ3n) is 2.92. The number of halogens is 1. The highest BCUT2D eigenvalue weighted by Gasteiger charge is 2.18. The lowest BCUT2D eigenvalue weighted by Crippen LogP contribution is -2.08. The normalized spacial score (nSPS) is 10.7. The molecule has 2 aromatic heterocycles. The van der Waals surface area contributed by atoms with Crippen LogP contribution in [0.2, 0.25) is 5.02 Å². The second-order valence-corrected chi connectivity index (χ2v) is 4.53. The fourth-order valence-corrected chi connectivity index (χ4v) is 2.16. The highest BCUT2D eigenvalue weighted by molar-refractivity contribution is 6.31. The third-order valence-corrected chi connectivity index (χ3v) is 3.15. The largest absolute Gasteiger partial charge is 0.346 e. The molecule has 0 aliphatic carbocycles. The quantitative estimate of drug-likeness (QED) is 0.509. The second kappa shape index (κ2) is 4.92. The summed E-state index contributed by atoms with van der Waals surface area (Å²) in [4.78, 5) is 23.5. The number of ketones is 1. The van der Waals surface area contributed by atoms with Crippen LogP contribution in [0.15, 0.2) is 36.8 Å². The maximum atomic E-state index is 12.6. The molecule has 0 bridgehead atoms. The van der Waals surface area contributed by atoms with Crippen molar-refractivity contribution in [3.05, 3.63) is 53.1 Å². The summed E-state index contributed by atoms with van der Waals surface area (Å²) in [6.07, 6.45) is 3.00. The van der Waals surface area contributed by atoms with E-state index in [2.05, 4.69) is 15.0 Å². The van der Waals surface area contributed by atoms with Crippen molar-refractivity contribution in [2.24, 2.45) is 0 Å². The van der Waals surface area contributed by atoms with Crippen molar-refractivity contribution in [3.8, 4) is 0 Å². The number of carbonyl (C=O) groups is 1. The molecule has 7 heteroatoms. The van der Waals surface area contributed by atoms with Gasteiger partial charge in [-0.2, -0.15) is 0 Å². The average molecular weight is 289 g/mol. The van der Waals surface area contributed by atoms with Gasteiger partial charge in [-0.05, 0) is 24.3 Å². The van der Waals surface area contributed by atoms with Gasteiger partial charge in [-0.25, -0.2) is 9.97 Å². The van der Waals surface area contributed by atoms with E-state index < -0.39 is 0 Å². The highest BCUT2D eigenvalue weighted by Crippen LogP contribution is 2.24. The van der Waals surface area contributed by atoms with Crippen LogP contribution in [0.5, 0.6) is 0 Å². The lowest BCUT2D eigenvalue weighted by Gasteiger charge is -2.07. The molecule has 1 aromatic carbocycles. The molecule has 0 amide bonds. The molecule has 0 aliphatic rings. The summed E-state index contributed by atoms with van der Waals surface area (Å²) in [5.74, 6) is -0.329. The third kappa shape index (κ3) is 2.01. The molecule has 0 aliphatic heterocycles. The Hall–Kier alpha value is -2.44. The van der Waals surface area contributed by atoms with Gasteiger partial charge in [-0.3, -0.25) is 15.5 Å². The SMILES string of the molecule is O=C(c1ccc(Cl)cc1NO)c1ncnc2[nH]ccc12. The molecule has 0 atom stereocenters. The Morgan fingerprint density at radius 3 is 2.95 bits per heavy atom. The van der Waals surface area contributed by atoms with Crippen LogP contribution in [-0.2, 0) is 0 Å². The summed E-state index contributed by atoms with van der Waals surface area (Å²) in [7, 11) is 0. The Kier molecular flexibility index (Phi) is 3.09. The van der Waals surface area contributed by atoms with E-state index in [-0.39, 0.29) is 22.7 Å². The Bertz CT molecular complexity index is 800. The fourth-order valence-electron chi connectivity index (χ4n) is 1.99. The Labute approximate surface area is 118 Å². The zero-order valence-corrected chi connectivity index (χ0v) is 10.8. The van der Waals surface area contributed by atoms with Gasteiger partial charge < -0.3 is 4.98 Å². The summed E-state index contributed by atoms with van der Waals surface area (Å²) in [5, 5.41) is 10.1. The minimum absolute atomic E-state index is 0.227. The average Bonchev–Trinajstić information content (AvgIpc) is 2.94. The molecule has 0 fully saturated rings. The zero-order chi connectivity index (χ0) is 14.1. The number of hydrogen-bond acceptors (Lipinski definition) is 5. The number of carbonyl (C=O) groups excluding carboxylic acids is 1. The molecule has 0 saturated heterocycles. The fraction of sp³-hybridized carbons (Fsp3) is 0. The molecule has 100 valence electrons. The molecule has 0 radical (unpaired) electrons. The minimum atomic E-state index is -0.329.